The number of hydrogen-bond acceptors (Lipinski definition) is 5. The maximum Gasteiger partial charge on any atom is 0.264 e. The fraction of sp³-hybridized carbons (Fsp3) is 0.100. The minimum absolute atomic E-state index is 0.205. The van der Waals surface area contributed by atoms with Crippen LogP contribution in [0.4, 0.5) is 11.5 Å². The van der Waals surface area contributed by atoms with E-state index in [4.69, 9.17) is 5.73 Å². The Morgan fingerprint density at radius 3 is 2.58 bits per heavy atom. The van der Waals surface area contributed by atoms with Crippen molar-refractivity contribution in [2.75, 3.05) is 10.5 Å². The van der Waals surface area contributed by atoms with E-state index in [0.29, 0.717) is 15.0 Å². The number of nitrogens with one attached hydrogen (secondary N) is 1. The van der Waals surface area contributed by atoms with Gasteiger partial charge in [-0.3, -0.25) is 4.72 Å². The van der Waals surface area contributed by atoms with Crippen LogP contribution in [-0.2, 0) is 10.0 Å². The third-order valence-corrected chi connectivity index (χ3v) is 5.98. The summed E-state index contributed by atoms with van der Waals surface area (Å²) in [5.74, 6) is 0.205. The van der Waals surface area contributed by atoms with Gasteiger partial charge in [0.25, 0.3) is 10.0 Å². The Bertz CT molecular complexity index is 728. The molecule has 0 aliphatic carbocycles. The maximum atomic E-state index is 12.3. The van der Waals surface area contributed by atoms with Crippen LogP contribution in [-0.4, -0.2) is 13.4 Å². The summed E-state index contributed by atoms with van der Waals surface area (Å²) in [5, 5.41) is 0. The molecule has 2 aromatic rings. The topological polar surface area (TPSA) is 85.1 Å². The van der Waals surface area contributed by atoms with Gasteiger partial charge in [0, 0.05) is 4.88 Å². The van der Waals surface area contributed by atoms with Gasteiger partial charge >= 0.3 is 0 Å². The predicted octanol–water partition coefficient (Wildman–Crippen LogP) is 3.36. The van der Waals surface area contributed by atoms with Gasteiger partial charge in [-0.2, -0.15) is 0 Å². The number of pyridine rings is 1. The molecular weight excluding hydrogens is 418 g/mol. The number of rotatable bonds is 3. The second-order valence-corrected chi connectivity index (χ2v) is 8.82. The van der Waals surface area contributed by atoms with E-state index in [2.05, 4.69) is 41.6 Å². The number of halogens is 2. The molecule has 0 aliphatic rings. The first-order chi connectivity index (χ1) is 8.79. The van der Waals surface area contributed by atoms with E-state index >= 15 is 0 Å². The van der Waals surface area contributed by atoms with Crippen LogP contribution in [0.2, 0.25) is 0 Å². The largest absolute Gasteiger partial charge is 0.397 e. The van der Waals surface area contributed by atoms with Gasteiger partial charge in [-0.25, -0.2) is 13.4 Å². The van der Waals surface area contributed by atoms with E-state index in [0.717, 1.165) is 3.79 Å². The molecule has 0 amide bonds. The highest BCUT2D eigenvalue weighted by atomic mass is 79.9. The Labute approximate surface area is 131 Å². The summed E-state index contributed by atoms with van der Waals surface area (Å²) in [6.07, 6.45) is 1.39. The van der Waals surface area contributed by atoms with Crippen molar-refractivity contribution in [2.45, 2.75) is 11.8 Å². The van der Waals surface area contributed by atoms with E-state index in [-0.39, 0.29) is 10.7 Å². The summed E-state index contributed by atoms with van der Waals surface area (Å²) in [6, 6.07) is 3.15. The summed E-state index contributed by atoms with van der Waals surface area (Å²) >= 11 is 7.85. The predicted molar refractivity (Wildman–Crippen MR) is 83.9 cm³/mol. The van der Waals surface area contributed by atoms with E-state index in [9.17, 15) is 8.42 Å². The average Bonchev–Trinajstić information content (AvgIpc) is 2.63. The molecule has 2 aromatic heterocycles. The Morgan fingerprint density at radius 2 is 2.05 bits per heavy atom. The van der Waals surface area contributed by atoms with Crippen LogP contribution < -0.4 is 10.5 Å². The summed E-state index contributed by atoms with van der Waals surface area (Å²) < 4.78 is 28.2. The first-order valence-corrected chi connectivity index (χ1v) is 8.88. The van der Waals surface area contributed by atoms with E-state index in [1.54, 1.807) is 19.1 Å². The summed E-state index contributed by atoms with van der Waals surface area (Å²) in [6.45, 7) is 1.75. The number of nitrogen functional groups attached to an aromatic ring is 1. The lowest BCUT2D eigenvalue weighted by Gasteiger charge is -2.08. The van der Waals surface area contributed by atoms with Gasteiger partial charge in [0.2, 0.25) is 0 Å². The normalized spacial score (nSPS) is 11.5. The first kappa shape index (κ1) is 14.8. The second kappa shape index (κ2) is 5.39. The highest BCUT2D eigenvalue weighted by Gasteiger charge is 2.21. The molecule has 0 atom stereocenters. The van der Waals surface area contributed by atoms with Crippen molar-refractivity contribution in [3.63, 3.8) is 0 Å². The van der Waals surface area contributed by atoms with Gasteiger partial charge in [-0.1, -0.05) is 0 Å². The van der Waals surface area contributed by atoms with E-state index in [1.807, 2.05) is 0 Å². The number of nitrogens with two attached hydrogens (primary N) is 1. The van der Waals surface area contributed by atoms with Crippen LogP contribution in [0.3, 0.4) is 0 Å². The molecule has 0 aliphatic heterocycles. The van der Waals surface area contributed by atoms with E-state index < -0.39 is 10.0 Å². The van der Waals surface area contributed by atoms with Crippen molar-refractivity contribution in [3.8, 4) is 0 Å². The number of sulfonamides is 1. The van der Waals surface area contributed by atoms with Gasteiger partial charge in [-0.05, 0) is 50.9 Å². The van der Waals surface area contributed by atoms with Crippen LogP contribution in [0.5, 0.6) is 0 Å². The zero-order valence-corrected chi connectivity index (χ0v) is 14.5. The molecule has 102 valence electrons. The molecule has 19 heavy (non-hydrogen) atoms. The number of hydrogen-bond donors (Lipinski definition) is 2. The Balaban J connectivity index is 2.39. The van der Waals surface area contributed by atoms with E-state index in [1.165, 1.54) is 17.5 Å². The summed E-state index contributed by atoms with van der Waals surface area (Å²) in [7, 11) is -3.66. The van der Waals surface area contributed by atoms with Gasteiger partial charge < -0.3 is 5.73 Å². The first-order valence-electron chi connectivity index (χ1n) is 4.99. The quantitative estimate of drug-likeness (QED) is 0.787. The molecule has 5 nitrogen and oxygen atoms in total. The minimum Gasteiger partial charge on any atom is -0.397 e. The van der Waals surface area contributed by atoms with Crippen LogP contribution in [0, 0.1) is 6.92 Å². The van der Waals surface area contributed by atoms with Crippen LogP contribution >= 0.6 is 43.2 Å². The monoisotopic (exact) mass is 425 g/mol. The zero-order chi connectivity index (χ0) is 14.2. The number of aryl methyl sites for hydroxylation is 1. The third-order valence-electron chi connectivity index (χ3n) is 2.23. The third kappa shape index (κ3) is 3.28. The molecule has 3 N–H and O–H groups in total. The smallest absolute Gasteiger partial charge is 0.264 e. The Morgan fingerprint density at radius 1 is 1.37 bits per heavy atom. The number of anilines is 2. The van der Waals surface area contributed by atoms with Gasteiger partial charge in [0.1, 0.15) is 4.90 Å². The van der Waals surface area contributed by atoms with Crippen LogP contribution in [0.1, 0.15) is 4.88 Å². The van der Waals surface area contributed by atoms with Crippen molar-refractivity contribution in [1.29, 1.82) is 0 Å². The fourth-order valence-electron chi connectivity index (χ4n) is 1.41. The molecule has 0 aromatic carbocycles. The number of aromatic nitrogens is 1. The van der Waals surface area contributed by atoms with Gasteiger partial charge in [-0.15, -0.1) is 11.3 Å². The summed E-state index contributed by atoms with van der Waals surface area (Å²) in [4.78, 5) is 4.89. The maximum absolute atomic E-state index is 12.3. The van der Waals surface area contributed by atoms with Crippen LogP contribution in [0.25, 0.3) is 0 Å². The minimum atomic E-state index is -3.66. The molecule has 0 bridgehead atoms. The molecule has 0 saturated heterocycles. The summed E-state index contributed by atoms with van der Waals surface area (Å²) in [5.41, 5.74) is 6.00. The standard InChI is InChI=1S/C10H9Br2N3O2S2/c1-5-8(3-9(12)18-5)19(16,17)15-10-7(11)2-6(13)4-14-10/h2-4H,13H2,1H3,(H,14,15). The molecule has 2 heterocycles. The fourth-order valence-corrected chi connectivity index (χ4v) is 5.45. The van der Waals surface area contributed by atoms with Crippen molar-refractivity contribution in [2.24, 2.45) is 0 Å². The molecule has 0 saturated carbocycles. The lowest BCUT2D eigenvalue weighted by Crippen LogP contribution is -2.14. The number of thiophene rings is 1. The van der Waals surface area contributed by atoms with Gasteiger partial charge in [0.15, 0.2) is 5.82 Å². The molecule has 0 radical (unpaired) electrons. The molecular formula is C10H9Br2N3O2S2. The van der Waals surface area contributed by atoms with Crippen molar-refractivity contribution in [3.05, 3.63) is 31.5 Å². The van der Waals surface area contributed by atoms with Gasteiger partial charge in [0.05, 0.1) is 20.1 Å². The highest BCUT2D eigenvalue weighted by molar-refractivity contribution is 9.11. The highest BCUT2D eigenvalue weighted by Crippen LogP contribution is 2.31. The SMILES string of the molecule is Cc1sc(Br)cc1S(=O)(=O)Nc1ncc(N)cc1Br. The molecule has 0 spiro atoms. The Kier molecular flexibility index (Phi) is 4.19. The average molecular weight is 427 g/mol. The second-order valence-electron chi connectivity index (χ2n) is 3.68. The molecule has 0 unspecified atom stereocenters. The lowest BCUT2D eigenvalue weighted by atomic mass is 10.4. The molecule has 2 rings (SSSR count). The zero-order valence-electron chi connectivity index (χ0n) is 9.65. The number of nitrogens with zero attached hydrogens (tertiary/aromatic N) is 1. The molecule has 0 fully saturated rings. The van der Waals surface area contributed by atoms with Crippen molar-refractivity contribution < 1.29 is 8.42 Å². The van der Waals surface area contributed by atoms with Crippen molar-refractivity contribution >= 4 is 64.7 Å². The molecule has 9 heteroatoms. The Hall–Kier alpha value is -0.640. The lowest BCUT2D eigenvalue weighted by molar-refractivity contribution is 0.601. The van der Waals surface area contributed by atoms with Crippen LogP contribution in [0.15, 0.2) is 31.5 Å². The van der Waals surface area contributed by atoms with Crippen molar-refractivity contribution in [1.82, 2.24) is 4.98 Å².